The maximum Gasteiger partial charge on any atom is 0.336 e. The van der Waals surface area contributed by atoms with Gasteiger partial charge in [0.15, 0.2) is 0 Å². The van der Waals surface area contributed by atoms with Crippen molar-refractivity contribution in [3.63, 3.8) is 0 Å². The molecule has 0 saturated carbocycles. The fourth-order valence-corrected chi connectivity index (χ4v) is 2.06. The zero-order valence-corrected chi connectivity index (χ0v) is 10.3. The first kappa shape index (κ1) is 13.0. The molecule has 0 bridgehead atoms. The van der Waals surface area contributed by atoms with Gasteiger partial charge in [0, 0.05) is 17.2 Å². The van der Waals surface area contributed by atoms with Crippen molar-refractivity contribution in [1.29, 1.82) is 0 Å². The third kappa shape index (κ3) is 2.12. The highest BCUT2D eigenvalue weighted by Crippen LogP contribution is 2.39. The molecule has 0 aliphatic rings. The number of phenols is 2. The Balaban J connectivity index is 2.93. The Hall–Kier alpha value is -2.49. The van der Waals surface area contributed by atoms with Gasteiger partial charge in [-0.2, -0.15) is 0 Å². The van der Waals surface area contributed by atoms with Gasteiger partial charge in [-0.1, -0.05) is 12.2 Å². The van der Waals surface area contributed by atoms with Gasteiger partial charge in [-0.25, -0.2) is 4.79 Å². The van der Waals surface area contributed by atoms with E-state index >= 15 is 0 Å². The van der Waals surface area contributed by atoms with Crippen molar-refractivity contribution in [2.24, 2.45) is 0 Å². The lowest BCUT2D eigenvalue weighted by Crippen LogP contribution is -1.99. The minimum atomic E-state index is -0.534. The maximum atomic E-state index is 11.3. The number of allylic oxidation sites excluding steroid dienone is 2. The summed E-state index contributed by atoms with van der Waals surface area (Å²) in [5, 5.41) is 20.7. The van der Waals surface area contributed by atoms with Crippen LogP contribution in [0.25, 0.3) is 11.0 Å². The van der Waals surface area contributed by atoms with Gasteiger partial charge in [0.25, 0.3) is 0 Å². The molecule has 0 aliphatic heterocycles. The Morgan fingerprint density at radius 3 is 2.32 bits per heavy atom. The van der Waals surface area contributed by atoms with Crippen LogP contribution in [0, 0.1) is 0 Å². The molecule has 0 amide bonds. The van der Waals surface area contributed by atoms with Gasteiger partial charge < -0.3 is 14.6 Å². The molecule has 1 heterocycles. The van der Waals surface area contributed by atoms with E-state index in [0.29, 0.717) is 29.4 Å². The molecule has 0 spiro atoms. The van der Waals surface area contributed by atoms with Gasteiger partial charge in [-0.05, 0) is 18.9 Å². The van der Waals surface area contributed by atoms with Gasteiger partial charge in [0.2, 0.25) is 0 Å². The average Bonchev–Trinajstić information content (AvgIpc) is 2.39. The highest BCUT2D eigenvalue weighted by molar-refractivity contribution is 5.90. The zero-order valence-electron chi connectivity index (χ0n) is 10.3. The topological polar surface area (TPSA) is 70.7 Å². The van der Waals surface area contributed by atoms with Gasteiger partial charge in [0.1, 0.15) is 17.1 Å². The van der Waals surface area contributed by atoms with E-state index < -0.39 is 5.63 Å². The van der Waals surface area contributed by atoms with Crippen molar-refractivity contribution < 1.29 is 14.6 Å². The minimum Gasteiger partial charge on any atom is -0.507 e. The number of hydrogen-bond acceptors (Lipinski definition) is 4. The van der Waals surface area contributed by atoms with Crippen molar-refractivity contribution in [3.8, 4) is 11.5 Å². The van der Waals surface area contributed by atoms with Crippen LogP contribution < -0.4 is 5.63 Å². The lowest BCUT2D eigenvalue weighted by Gasteiger charge is -2.13. The molecule has 19 heavy (non-hydrogen) atoms. The molecule has 2 rings (SSSR count). The second kappa shape index (κ2) is 5.02. The van der Waals surface area contributed by atoms with E-state index in [4.69, 9.17) is 4.42 Å². The molecule has 0 atom stereocenters. The normalized spacial score (nSPS) is 10.5. The summed E-state index contributed by atoms with van der Waals surface area (Å²) in [6, 6.07) is 2.71. The summed E-state index contributed by atoms with van der Waals surface area (Å²) in [7, 11) is 0. The monoisotopic (exact) mass is 258 g/mol. The summed E-state index contributed by atoms with van der Waals surface area (Å²) in [6.07, 6.45) is 3.82. The van der Waals surface area contributed by atoms with Gasteiger partial charge in [-0.3, -0.25) is 0 Å². The first-order valence-electron chi connectivity index (χ1n) is 5.81. The van der Waals surface area contributed by atoms with E-state index in [9.17, 15) is 15.0 Å². The third-order valence-electron chi connectivity index (χ3n) is 2.92. The predicted molar refractivity (Wildman–Crippen MR) is 73.6 cm³/mol. The molecular weight excluding hydrogens is 244 g/mol. The highest BCUT2D eigenvalue weighted by atomic mass is 16.4. The fraction of sp³-hybridized carbons (Fsp3) is 0.133. The Morgan fingerprint density at radius 1 is 1.05 bits per heavy atom. The minimum absolute atomic E-state index is 0.0841. The quantitative estimate of drug-likeness (QED) is 0.653. The number of rotatable bonds is 4. The van der Waals surface area contributed by atoms with Crippen LogP contribution >= 0.6 is 0 Å². The molecule has 0 saturated heterocycles. The van der Waals surface area contributed by atoms with E-state index in [-0.39, 0.29) is 17.1 Å². The van der Waals surface area contributed by atoms with Crippen molar-refractivity contribution in [2.75, 3.05) is 0 Å². The van der Waals surface area contributed by atoms with Crippen LogP contribution in [0.1, 0.15) is 11.1 Å². The summed E-state index contributed by atoms with van der Waals surface area (Å²) in [5.41, 5.74) is 0.467. The van der Waals surface area contributed by atoms with E-state index in [1.165, 1.54) is 12.1 Å². The van der Waals surface area contributed by atoms with Crippen LogP contribution in [0.2, 0.25) is 0 Å². The van der Waals surface area contributed by atoms with Crippen LogP contribution in [0.15, 0.2) is 46.7 Å². The second-order valence-corrected chi connectivity index (χ2v) is 4.14. The lowest BCUT2D eigenvalue weighted by atomic mass is 9.98. The molecule has 4 nitrogen and oxygen atoms in total. The molecule has 98 valence electrons. The Labute approximate surface area is 109 Å². The number of hydrogen-bond donors (Lipinski definition) is 2. The standard InChI is InChI=1S/C15H14O4/c1-3-5-9-13(17)10(6-4-2)15-11(14(9)18)7-8-12(16)19-15/h3-4,7-8,17-18H,1-2,5-6H2. The van der Waals surface area contributed by atoms with E-state index in [0.717, 1.165) is 0 Å². The molecule has 2 N–H and O–H groups in total. The summed E-state index contributed by atoms with van der Waals surface area (Å²) < 4.78 is 5.09. The largest absolute Gasteiger partial charge is 0.507 e. The summed E-state index contributed by atoms with van der Waals surface area (Å²) in [6.45, 7) is 7.20. The average molecular weight is 258 g/mol. The third-order valence-corrected chi connectivity index (χ3v) is 2.92. The first-order valence-corrected chi connectivity index (χ1v) is 5.81. The lowest BCUT2D eigenvalue weighted by molar-refractivity contribution is 0.437. The van der Waals surface area contributed by atoms with E-state index in [1.54, 1.807) is 12.2 Å². The van der Waals surface area contributed by atoms with E-state index in [2.05, 4.69) is 13.2 Å². The van der Waals surface area contributed by atoms with Gasteiger partial charge in [0.05, 0.1) is 5.39 Å². The maximum absolute atomic E-state index is 11.3. The predicted octanol–water partition coefficient (Wildman–Crippen LogP) is 2.66. The van der Waals surface area contributed by atoms with Crippen LogP contribution in [-0.4, -0.2) is 10.2 Å². The summed E-state index contributed by atoms with van der Waals surface area (Å²) >= 11 is 0. The molecule has 0 unspecified atom stereocenters. The highest BCUT2D eigenvalue weighted by Gasteiger charge is 2.19. The van der Waals surface area contributed by atoms with Crippen LogP contribution in [0.4, 0.5) is 0 Å². The Morgan fingerprint density at radius 2 is 1.68 bits per heavy atom. The first-order chi connectivity index (χ1) is 9.10. The Bertz CT molecular complexity index is 710. The number of aromatic hydroxyl groups is 2. The molecule has 1 aromatic heterocycles. The number of phenolic OH excluding ortho intramolecular Hbond substituents is 2. The molecule has 1 aromatic carbocycles. The molecular formula is C15H14O4. The summed E-state index contributed by atoms with van der Waals surface area (Å²) in [4.78, 5) is 11.3. The molecule has 0 fully saturated rings. The van der Waals surface area contributed by atoms with Crippen molar-refractivity contribution in [3.05, 3.63) is 59.0 Å². The molecule has 4 heteroatoms. The molecule has 2 aromatic rings. The number of benzene rings is 1. The molecule has 0 aliphatic carbocycles. The van der Waals surface area contributed by atoms with Crippen molar-refractivity contribution in [1.82, 2.24) is 0 Å². The van der Waals surface area contributed by atoms with Gasteiger partial charge in [-0.15, -0.1) is 13.2 Å². The van der Waals surface area contributed by atoms with Crippen LogP contribution in [-0.2, 0) is 12.8 Å². The SMILES string of the molecule is C=CCc1c(O)c(CC=C)c2oc(=O)ccc2c1O. The van der Waals surface area contributed by atoms with Gasteiger partial charge >= 0.3 is 5.63 Å². The van der Waals surface area contributed by atoms with Crippen LogP contribution in [0.5, 0.6) is 11.5 Å². The Kier molecular flexibility index (Phi) is 3.42. The number of fused-ring (bicyclic) bond motifs is 1. The smallest absolute Gasteiger partial charge is 0.336 e. The van der Waals surface area contributed by atoms with E-state index in [1.807, 2.05) is 0 Å². The van der Waals surface area contributed by atoms with Crippen molar-refractivity contribution >= 4 is 11.0 Å². The van der Waals surface area contributed by atoms with Crippen molar-refractivity contribution in [2.45, 2.75) is 12.8 Å². The van der Waals surface area contributed by atoms with Crippen LogP contribution in [0.3, 0.4) is 0 Å². The molecule has 0 radical (unpaired) electrons. The summed E-state index contributed by atoms with van der Waals surface area (Å²) in [5.74, 6) is -0.178. The second-order valence-electron chi connectivity index (χ2n) is 4.14. The fourth-order valence-electron chi connectivity index (χ4n) is 2.06. The zero-order chi connectivity index (χ0) is 14.0.